The predicted molar refractivity (Wildman–Crippen MR) is 86.3 cm³/mol. The molecule has 0 saturated heterocycles. The van der Waals surface area contributed by atoms with Crippen molar-refractivity contribution in [1.29, 1.82) is 0 Å². The topological polar surface area (TPSA) is 81.7 Å². The first kappa shape index (κ1) is 15.0. The molecule has 2 aromatic rings. The van der Waals surface area contributed by atoms with Gasteiger partial charge in [-0.05, 0) is 6.07 Å². The number of benzene rings is 2. The fourth-order valence-electron chi connectivity index (χ4n) is 3.46. The molecule has 3 aliphatic heterocycles. The van der Waals surface area contributed by atoms with E-state index in [4.69, 9.17) is 33.2 Å². The van der Waals surface area contributed by atoms with Gasteiger partial charge in [0.25, 0.3) is 0 Å². The minimum Gasteiger partial charge on any atom is -0.496 e. The number of methoxy groups -OCH3 is 2. The Morgan fingerprint density at radius 3 is 2.35 bits per heavy atom. The first-order valence-corrected chi connectivity index (χ1v) is 7.90. The molecular weight excluding hydrogens is 344 g/mol. The van der Waals surface area contributed by atoms with Crippen LogP contribution in [0.1, 0.15) is 15.9 Å². The van der Waals surface area contributed by atoms with Crippen LogP contribution in [0.3, 0.4) is 0 Å². The van der Waals surface area contributed by atoms with Crippen LogP contribution in [0.5, 0.6) is 34.5 Å². The summed E-state index contributed by atoms with van der Waals surface area (Å²) in [6, 6.07) is 3.31. The Hall–Kier alpha value is -3.29. The van der Waals surface area contributed by atoms with Gasteiger partial charge in [-0.25, -0.2) is 4.79 Å². The van der Waals surface area contributed by atoms with E-state index in [9.17, 15) is 4.79 Å². The maximum absolute atomic E-state index is 12.7. The first-order valence-electron chi connectivity index (χ1n) is 7.90. The Labute approximate surface area is 148 Å². The third-order valence-electron chi connectivity index (χ3n) is 4.60. The van der Waals surface area contributed by atoms with Gasteiger partial charge in [0.05, 0.1) is 19.8 Å². The minimum absolute atomic E-state index is 0.0239. The minimum atomic E-state index is -0.498. The van der Waals surface area contributed by atoms with E-state index in [0.29, 0.717) is 56.8 Å². The van der Waals surface area contributed by atoms with Crippen LogP contribution in [0.15, 0.2) is 12.1 Å². The molecule has 0 aliphatic carbocycles. The number of hydrogen-bond acceptors (Lipinski definition) is 8. The fourth-order valence-corrected chi connectivity index (χ4v) is 3.46. The molecule has 0 amide bonds. The standard InChI is InChI=1S/C18H14O8/c1-20-10-4-12-15(24-6-23-12)14-9(10)5-22-18(19)8-3-11(21-2)16-17(13(8)14)26-7-25-16/h3-4H,5-7H2,1-2H3. The van der Waals surface area contributed by atoms with E-state index in [1.54, 1.807) is 19.2 Å². The Bertz CT molecular complexity index is 949. The highest BCUT2D eigenvalue weighted by Crippen LogP contribution is 2.57. The van der Waals surface area contributed by atoms with Gasteiger partial charge in [-0.3, -0.25) is 0 Å². The van der Waals surface area contributed by atoms with Crippen LogP contribution in [0.25, 0.3) is 11.1 Å². The zero-order valence-corrected chi connectivity index (χ0v) is 14.0. The second-order valence-corrected chi connectivity index (χ2v) is 5.81. The molecule has 26 heavy (non-hydrogen) atoms. The van der Waals surface area contributed by atoms with Gasteiger partial charge in [0.15, 0.2) is 23.0 Å². The van der Waals surface area contributed by atoms with Crippen molar-refractivity contribution in [2.45, 2.75) is 6.61 Å². The largest absolute Gasteiger partial charge is 0.496 e. The van der Waals surface area contributed by atoms with Gasteiger partial charge in [-0.15, -0.1) is 0 Å². The van der Waals surface area contributed by atoms with Gasteiger partial charge in [0.2, 0.25) is 19.3 Å². The fraction of sp³-hybridized carbons (Fsp3) is 0.278. The molecule has 0 radical (unpaired) electrons. The average molecular weight is 358 g/mol. The lowest BCUT2D eigenvalue weighted by molar-refractivity contribution is 0.0476. The third-order valence-corrected chi connectivity index (χ3v) is 4.60. The van der Waals surface area contributed by atoms with Crippen LogP contribution in [-0.2, 0) is 11.3 Å². The van der Waals surface area contributed by atoms with E-state index in [1.807, 2.05) is 0 Å². The first-order chi connectivity index (χ1) is 12.7. The summed E-state index contributed by atoms with van der Waals surface area (Å²) in [4.78, 5) is 12.7. The number of esters is 1. The molecule has 0 atom stereocenters. The van der Waals surface area contributed by atoms with Crippen LogP contribution in [0.4, 0.5) is 0 Å². The third kappa shape index (κ3) is 1.86. The van der Waals surface area contributed by atoms with Crippen LogP contribution >= 0.6 is 0 Å². The number of fused-ring (bicyclic) bond motifs is 7. The highest BCUT2D eigenvalue weighted by atomic mass is 16.7. The molecule has 3 aliphatic rings. The Balaban J connectivity index is 1.91. The predicted octanol–water partition coefficient (Wildman–Crippen LogP) is 2.50. The van der Waals surface area contributed by atoms with Gasteiger partial charge in [0, 0.05) is 22.8 Å². The SMILES string of the molecule is COc1cc2c(c3c1COC(=O)c1cc(OC)c4c(c1-3)OCO4)OCO2. The molecular formula is C18H14O8. The molecule has 0 aromatic heterocycles. The summed E-state index contributed by atoms with van der Waals surface area (Å²) in [6.45, 7) is 0.130. The quantitative estimate of drug-likeness (QED) is 0.758. The highest BCUT2D eigenvalue weighted by molar-refractivity contribution is 6.04. The van der Waals surface area contributed by atoms with Crippen LogP contribution in [0, 0.1) is 0 Å². The summed E-state index contributed by atoms with van der Waals surface area (Å²) < 4.78 is 38.7. The Morgan fingerprint density at radius 2 is 1.54 bits per heavy atom. The number of carbonyl (C=O) groups excluding carboxylic acids is 1. The second kappa shape index (κ2) is 5.35. The van der Waals surface area contributed by atoms with Crippen molar-refractivity contribution >= 4 is 5.97 Å². The Kier molecular flexibility index (Phi) is 3.09. The average Bonchev–Trinajstić information content (AvgIpc) is 3.30. The van der Waals surface area contributed by atoms with Crippen LogP contribution in [-0.4, -0.2) is 33.8 Å². The van der Waals surface area contributed by atoms with Crippen molar-refractivity contribution in [2.75, 3.05) is 27.8 Å². The lowest BCUT2D eigenvalue weighted by atomic mass is 9.93. The molecule has 0 unspecified atom stereocenters. The van der Waals surface area contributed by atoms with E-state index < -0.39 is 5.97 Å². The highest BCUT2D eigenvalue weighted by Gasteiger charge is 2.38. The van der Waals surface area contributed by atoms with E-state index in [0.717, 1.165) is 0 Å². The lowest BCUT2D eigenvalue weighted by Crippen LogP contribution is -2.04. The van der Waals surface area contributed by atoms with E-state index in [-0.39, 0.29) is 20.2 Å². The van der Waals surface area contributed by atoms with Gasteiger partial charge in [-0.2, -0.15) is 0 Å². The van der Waals surface area contributed by atoms with E-state index >= 15 is 0 Å². The number of carbonyl (C=O) groups is 1. The van der Waals surface area contributed by atoms with Gasteiger partial charge >= 0.3 is 5.97 Å². The monoisotopic (exact) mass is 358 g/mol. The maximum Gasteiger partial charge on any atom is 0.339 e. The number of ether oxygens (including phenoxy) is 7. The second-order valence-electron chi connectivity index (χ2n) is 5.81. The van der Waals surface area contributed by atoms with Crippen molar-refractivity contribution in [3.8, 4) is 45.6 Å². The van der Waals surface area contributed by atoms with Crippen molar-refractivity contribution < 1.29 is 38.0 Å². The summed E-state index contributed by atoms with van der Waals surface area (Å²) in [5, 5.41) is 0. The van der Waals surface area contributed by atoms with Crippen molar-refractivity contribution in [3.63, 3.8) is 0 Å². The number of cyclic esters (lactones) is 1. The molecule has 8 heteroatoms. The molecule has 0 fully saturated rings. The van der Waals surface area contributed by atoms with Gasteiger partial charge < -0.3 is 33.2 Å². The van der Waals surface area contributed by atoms with Crippen LogP contribution in [0.2, 0.25) is 0 Å². The van der Waals surface area contributed by atoms with Crippen molar-refractivity contribution in [1.82, 2.24) is 0 Å². The molecule has 3 heterocycles. The molecule has 8 nitrogen and oxygen atoms in total. The molecule has 2 aromatic carbocycles. The summed E-state index contributed by atoms with van der Waals surface area (Å²) in [5.74, 6) is 2.32. The maximum atomic E-state index is 12.7. The van der Waals surface area contributed by atoms with Crippen molar-refractivity contribution in [2.24, 2.45) is 0 Å². The number of rotatable bonds is 2. The molecule has 134 valence electrons. The zero-order chi connectivity index (χ0) is 17.8. The molecule has 0 saturated carbocycles. The van der Waals surface area contributed by atoms with E-state index in [2.05, 4.69) is 0 Å². The molecule has 5 rings (SSSR count). The van der Waals surface area contributed by atoms with E-state index in [1.165, 1.54) is 7.11 Å². The molecule has 0 bridgehead atoms. The smallest absolute Gasteiger partial charge is 0.339 e. The molecule has 0 spiro atoms. The summed E-state index contributed by atoms with van der Waals surface area (Å²) in [7, 11) is 3.04. The van der Waals surface area contributed by atoms with Gasteiger partial charge in [-0.1, -0.05) is 0 Å². The Morgan fingerprint density at radius 1 is 0.808 bits per heavy atom. The number of hydrogen-bond donors (Lipinski definition) is 0. The summed E-state index contributed by atoms with van der Waals surface area (Å²) in [6.07, 6.45) is 0. The van der Waals surface area contributed by atoms with Crippen molar-refractivity contribution in [3.05, 3.63) is 23.3 Å². The molecule has 0 N–H and O–H groups in total. The van der Waals surface area contributed by atoms with Gasteiger partial charge in [0.1, 0.15) is 12.4 Å². The zero-order valence-electron chi connectivity index (χ0n) is 14.0. The summed E-state index contributed by atoms with van der Waals surface area (Å²) in [5.41, 5.74) is 2.14. The normalized spacial score (nSPS) is 15.7. The summed E-state index contributed by atoms with van der Waals surface area (Å²) >= 11 is 0. The lowest BCUT2D eigenvalue weighted by Gasteiger charge is -2.16. The van der Waals surface area contributed by atoms with Crippen LogP contribution < -0.4 is 28.4 Å².